The number of carbonyl (C=O) groups excluding carboxylic acids is 1. The monoisotopic (exact) mass is 443 g/mol. The molecule has 4 rings (SSSR count). The summed E-state index contributed by atoms with van der Waals surface area (Å²) >= 11 is 0. The number of amides is 1. The van der Waals surface area contributed by atoms with Gasteiger partial charge in [0.2, 0.25) is 5.91 Å². The van der Waals surface area contributed by atoms with Crippen LogP contribution < -0.4 is 5.32 Å². The van der Waals surface area contributed by atoms with Crippen LogP contribution in [0.25, 0.3) is 5.69 Å². The largest absolute Gasteiger partial charge is 0.311 e. The van der Waals surface area contributed by atoms with Gasteiger partial charge in [0.15, 0.2) is 5.82 Å². The van der Waals surface area contributed by atoms with Crippen LogP contribution in [0, 0.1) is 13.8 Å². The van der Waals surface area contributed by atoms with Crippen molar-refractivity contribution in [2.24, 2.45) is 0 Å². The van der Waals surface area contributed by atoms with E-state index < -0.39 is 0 Å². The Labute approximate surface area is 193 Å². The number of rotatable bonds is 8. The Balaban J connectivity index is 1.39. The first-order valence-electron chi connectivity index (χ1n) is 11.2. The van der Waals surface area contributed by atoms with Crippen molar-refractivity contribution in [2.75, 3.05) is 5.32 Å². The fourth-order valence-electron chi connectivity index (χ4n) is 3.67. The highest BCUT2D eigenvalue weighted by Gasteiger charge is 2.14. The Kier molecular flexibility index (Phi) is 6.63. The molecule has 0 radical (unpaired) electrons. The minimum atomic E-state index is -0.109. The summed E-state index contributed by atoms with van der Waals surface area (Å²) in [6.07, 6.45) is 2.38. The molecule has 0 spiro atoms. The van der Waals surface area contributed by atoms with Crippen molar-refractivity contribution in [1.82, 2.24) is 30.0 Å². The lowest BCUT2D eigenvalue weighted by atomic mass is 10.0. The van der Waals surface area contributed by atoms with Gasteiger partial charge in [0.25, 0.3) is 0 Å². The molecular weight excluding hydrogens is 414 g/mol. The average molecular weight is 444 g/mol. The molecule has 2 aromatic carbocycles. The van der Waals surface area contributed by atoms with E-state index in [4.69, 9.17) is 0 Å². The van der Waals surface area contributed by atoms with E-state index in [0.717, 1.165) is 22.4 Å². The maximum atomic E-state index is 12.7. The van der Waals surface area contributed by atoms with Crippen LogP contribution in [0.3, 0.4) is 0 Å². The van der Waals surface area contributed by atoms with Gasteiger partial charge in [0.05, 0.1) is 18.4 Å². The molecule has 8 nitrogen and oxygen atoms in total. The van der Waals surface area contributed by atoms with Crippen molar-refractivity contribution in [2.45, 2.75) is 53.0 Å². The summed E-state index contributed by atoms with van der Waals surface area (Å²) in [5.41, 5.74) is 5.56. The molecule has 4 aromatic rings. The fourth-order valence-corrected chi connectivity index (χ4v) is 3.67. The lowest BCUT2D eigenvalue weighted by molar-refractivity contribution is -0.116. The fraction of sp³-hybridized carbons (Fsp3) is 0.320. The predicted molar refractivity (Wildman–Crippen MR) is 127 cm³/mol. The quantitative estimate of drug-likeness (QED) is 0.440. The molecule has 33 heavy (non-hydrogen) atoms. The summed E-state index contributed by atoms with van der Waals surface area (Å²) in [6, 6.07) is 16.4. The van der Waals surface area contributed by atoms with Gasteiger partial charge in [-0.3, -0.25) is 4.79 Å². The Morgan fingerprint density at radius 2 is 1.85 bits per heavy atom. The zero-order chi connectivity index (χ0) is 23.4. The summed E-state index contributed by atoms with van der Waals surface area (Å²) in [5.74, 6) is 1.71. The summed E-state index contributed by atoms with van der Waals surface area (Å²) < 4.78 is 3.50. The topological polar surface area (TPSA) is 90.5 Å². The molecule has 1 N–H and O–H groups in total. The molecule has 0 aliphatic heterocycles. The van der Waals surface area contributed by atoms with Crippen molar-refractivity contribution in [1.29, 1.82) is 0 Å². The lowest BCUT2D eigenvalue weighted by Crippen LogP contribution is -2.17. The smallest absolute Gasteiger partial charge is 0.225 e. The molecule has 0 saturated carbocycles. The van der Waals surface area contributed by atoms with Crippen LogP contribution >= 0.6 is 0 Å². The number of nitrogens with zero attached hydrogens (tertiary/aromatic N) is 6. The van der Waals surface area contributed by atoms with Gasteiger partial charge in [-0.15, -0.1) is 5.10 Å². The molecule has 2 aromatic heterocycles. The molecule has 2 heterocycles. The third kappa shape index (κ3) is 5.34. The molecule has 1 amide bonds. The Hall–Kier alpha value is -3.81. The van der Waals surface area contributed by atoms with E-state index >= 15 is 0 Å². The van der Waals surface area contributed by atoms with Crippen molar-refractivity contribution in [3.63, 3.8) is 0 Å². The summed E-state index contributed by atoms with van der Waals surface area (Å²) in [7, 11) is 0. The second-order valence-electron chi connectivity index (χ2n) is 8.62. The van der Waals surface area contributed by atoms with Crippen LogP contribution in [-0.4, -0.2) is 35.9 Å². The molecule has 0 saturated heterocycles. The molecule has 170 valence electrons. The molecule has 0 atom stereocenters. The van der Waals surface area contributed by atoms with Crippen LogP contribution in [0.4, 0.5) is 5.82 Å². The number of tetrazole rings is 1. The summed E-state index contributed by atoms with van der Waals surface area (Å²) in [4.78, 5) is 12.7. The maximum absolute atomic E-state index is 12.7. The van der Waals surface area contributed by atoms with Crippen molar-refractivity contribution in [3.05, 3.63) is 82.8 Å². The van der Waals surface area contributed by atoms with E-state index in [1.807, 2.05) is 26.0 Å². The average Bonchev–Trinajstić information content (AvgIpc) is 3.44. The van der Waals surface area contributed by atoms with E-state index in [1.54, 1.807) is 21.6 Å². The van der Waals surface area contributed by atoms with E-state index in [1.165, 1.54) is 5.56 Å². The number of benzene rings is 2. The zero-order valence-corrected chi connectivity index (χ0v) is 19.5. The second kappa shape index (κ2) is 9.77. The number of anilines is 1. The van der Waals surface area contributed by atoms with Crippen molar-refractivity contribution < 1.29 is 4.79 Å². The van der Waals surface area contributed by atoms with Gasteiger partial charge in [-0.25, -0.2) is 4.68 Å². The molecule has 0 fully saturated rings. The minimum absolute atomic E-state index is 0.109. The van der Waals surface area contributed by atoms with E-state index in [-0.39, 0.29) is 12.3 Å². The summed E-state index contributed by atoms with van der Waals surface area (Å²) in [5, 5.41) is 19.4. The van der Waals surface area contributed by atoms with E-state index in [2.05, 4.69) is 70.1 Å². The Bertz CT molecular complexity index is 1240. The lowest BCUT2D eigenvalue weighted by Gasteiger charge is -2.11. The Morgan fingerprint density at radius 3 is 2.61 bits per heavy atom. The molecule has 0 bridgehead atoms. The van der Waals surface area contributed by atoms with Gasteiger partial charge in [-0.2, -0.15) is 9.78 Å². The minimum Gasteiger partial charge on any atom is -0.311 e. The number of hydrogen-bond donors (Lipinski definition) is 1. The first-order valence-corrected chi connectivity index (χ1v) is 11.2. The van der Waals surface area contributed by atoms with Gasteiger partial charge in [-0.1, -0.05) is 50.2 Å². The van der Waals surface area contributed by atoms with Crippen LogP contribution in [0.5, 0.6) is 0 Å². The van der Waals surface area contributed by atoms with Gasteiger partial charge in [-0.05, 0) is 58.5 Å². The first-order chi connectivity index (χ1) is 15.9. The van der Waals surface area contributed by atoms with Crippen molar-refractivity contribution >= 4 is 11.7 Å². The molecule has 0 aliphatic rings. The van der Waals surface area contributed by atoms with Gasteiger partial charge in [0.1, 0.15) is 5.82 Å². The predicted octanol–water partition coefficient (Wildman–Crippen LogP) is 4.22. The SMILES string of the molecule is Cc1ccc(C)c(-n2nnnc2CCC(=O)Nc2ccnn2Cc2ccc(C(C)C)cc2)c1. The number of carbonyl (C=O) groups is 1. The second-order valence-corrected chi connectivity index (χ2v) is 8.62. The molecule has 8 heteroatoms. The normalized spacial score (nSPS) is 11.2. The van der Waals surface area contributed by atoms with Gasteiger partial charge < -0.3 is 5.32 Å². The van der Waals surface area contributed by atoms with E-state index in [0.29, 0.717) is 30.5 Å². The third-order valence-corrected chi connectivity index (χ3v) is 5.67. The number of hydrogen-bond acceptors (Lipinski definition) is 5. The maximum Gasteiger partial charge on any atom is 0.225 e. The van der Waals surface area contributed by atoms with E-state index in [9.17, 15) is 4.79 Å². The first kappa shape index (κ1) is 22.4. The summed E-state index contributed by atoms with van der Waals surface area (Å²) in [6.45, 7) is 8.99. The van der Waals surface area contributed by atoms with Crippen LogP contribution in [0.1, 0.15) is 54.3 Å². The highest BCUT2D eigenvalue weighted by molar-refractivity contribution is 5.89. The van der Waals surface area contributed by atoms with Crippen LogP contribution in [-0.2, 0) is 17.8 Å². The third-order valence-electron chi connectivity index (χ3n) is 5.67. The highest BCUT2D eigenvalue weighted by atomic mass is 16.1. The molecule has 0 unspecified atom stereocenters. The number of aryl methyl sites for hydroxylation is 3. The number of nitrogens with one attached hydrogen (secondary N) is 1. The zero-order valence-electron chi connectivity index (χ0n) is 19.5. The van der Waals surface area contributed by atoms with Gasteiger partial charge >= 0.3 is 0 Å². The van der Waals surface area contributed by atoms with Crippen molar-refractivity contribution in [3.8, 4) is 5.69 Å². The highest BCUT2D eigenvalue weighted by Crippen LogP contribution is 2.18. The Morgan fingerprint density at radius 1 is 1.06 bits per heavy atom. The van der Waals surface area contributed by atoms with Crippen LogP contribution in [0.2, 0.25) is 0 Å². The van der Waals surface area contributed by atoms with Crippen LogP contribution in [0.15, 0.2) is 54.7 Å². The standard InChI is InChI=1S/C25H29N7O/c1-17(2)21-9-7-20(8-10-21)16-31-23(13-14-26-31)27-25(33)12-11-24-28-29-30-32(24)22-15-18(3)5-6-19(22)4/h5-10,13-15,17H,11-12,16H2,1-4H3,(H,27,33). The molecular formula is C25H29N7O. The molecule has 0 aliphatic carbocycles. The van der Waals surface area contributed by atoms with Gasteiger partial charge in [0, 0.05) is 18.9 Å². The number of aromatic nitrogens is 6.